The van der Waals surface area contributed by atoms with Crippen LogP contribution in [0.25, 0.3) is 0 Å². The molecule has 3 atom stereocenters. The molecule has 1 heterocycles. The number of nitrogens with one attached hydrogen (secondary N) is 1. The molecule has 0 radical (unpaired) electrons. The third-order valence-electron chi connectivity index (χ3n) is 5.69. The van der Waals surface area contributed by atoms with Crippen LogP contribution in [-0.2, 0) is 30.7 Å². The van der Waals surface area contributed by atoms with Gasteiger partial charge in [-0.15, -0.1) is 0 Å². The Morgan fingerprint density at radius 1 is 1.25 bits per heavy atom. The van der Waals surface area contributed by atoms with Crippen molar-refractivity contribution in [3.63, 3.8) is 0 Å². The zero-order chi connectivity index (χ0) is 23.5. The lowest BCUT2D eigenvalue weighted by atomic mass is 9.94. The molecule has 0 aromatic heterocycles. The van der Waals surface area contributed by atoms with Gasteiger partial charge in [0.15, 0.2) is 5.79 Å². The molecular weight excluding hydrogens is 445 g/mol. The fraction of sp³-hybridized carbons (Fsp3) is 0.571. The van der Waals surface area contributed by atoms with Gasteiger partial charge in [-0.2, -0.15) is 0 Å². The van der Waals surface area contributed by atoms with Crippen LogP contribution in [0.1, 0.15) is 38.2 Å². The summed E-state index contributed by atoms with van der Waals surface area (Å²) in [5, 5.41) is 27.2. The summed E-state index contributed by atoms with van der Waals surface area (Å²) in [6.45, 7) is 1.07. The number of hydrogen-bond acceptors (Lipinski definition) is 7. The number of aryl methyl sites for hydroxylation is 1. The summed E-state index contributed by atoms with van der Waals surface area (Å²) in [4.78, 5) is 11.9. The van der Waals surface area contributed by atoms with Gasteiger partial charge in [0.1, 0.15) is 23.3 Å². The van der Waals surface area contributed by atoms with Gasteiger partial charge in [-0.3, -0.25) is 4.72 Å². The third kappa shape index (κ3) is 5.12. The Morgan fingerprint density at radius 2 is 1.91 bits per heavy atom. The Balaban J connectivity index is 1.90. The Kier molecular flexibility index (Phi) is 7.56. The first kappa shape index (κ1) is 24.6. The lowest BCUT2D eigenvalue weighted by Gasteiger charge is -2.33. The van der Waals surface area contributed by atoms with Gasteiger partial charge in [-0.05, 0) is 49.1 Å². The first-order valence-corrected chi connectivity index (χ1v) is 12.0. The van der Waals surface area contributed by atoms with E-state index in [4.69, 9.17) is 9.47 Å². The fourth-order valence-corrected chi connectivity index (χ4v) is 5.64. The molecule has 1 aromatic rings. The van der Waals surface area contributed by atoms with Crippen molar-refractivity contribution in [2.75, 3.05) is 17.9 Å². The van der Waals surface area contributed by atoms with Gasteiger partial charge in [0, 0.05) is 6.42 Å². The number of aliphatic carboxylic acids is 1. The standard InChI is InChI=1S/C21H28FNO8S/c1-2-3-4-13-9-14(22)5-6-16(13)23-32(28,29)19-7-8-21(10-15(19)20(26)27)30-17(11-24)18(12-25)31-21/h5-6,9-10,17-19,23-25H,2-4,7-8,11-12H2,1H3,(H,26,27)/t17-,18-,19?/m1/s1. The normalized spacial score (nSPS) is 25.0. The Bertz CT molecular complexity index is 968. The molecule has 1 saturated heterocycles. The predicted molar refractivity (Wildman–Crippen MR) is 113 cm³/mol. The molecule has 9 nitrogen and oxygen atoms in total. The van der Waals surface area contributed by atoms with E-state index in [2.05, 4.69) is 4.72 Å². The molecule has 1 aliphatic carbocycles. The van der Waals surface area contributed by atoms with Crippen LogP contribution >= 0.6 is 0 Å². The number of benzene rings is 1. The first-order chi connectivity index (χ1) is 15.1. The van der Waals surface area contributed by atoms with Crippen molar-refractivity contribution in [3.05, 3.63) is 41.2 Å². The maximum Gasteiger partial charge on any atom is 0.332 e. The molecule has 178 valence electrons. The molecule has 0 saturated carbocycles. The number of rotatable bonds is 9. The van der Waals surface area contributed by atoms with Crippen molar-refractivity contribution < 1.29 is 42.4 Å². The number of carboxylic acids is 1. The average molecular weight is 474 g/mol. The maximum atomic E-state index is 13.7. The summed E-state index contributed by atoms with van der Waals surface area (Å²) in [5.74, 6) is -3.48. The number of aliphatic hydroxyl groups is 2. The first-order valence-electron chi connectivity index (χ1n) is 10.5. The number of carboxylic acid groups (broad SMARTS) is 1. The van der Waals surface area contributed by atoms with Crippen molar-refractivity contribution in [1.29, 1.82) is 0 Å². The van der Waals surface area contributed by atoms with E-state index in [9.17, 15) is 32.9 Å². The molecular formula is C21H28FNO8S. The number of ether oxygens (including phenoxy) is 2. The van der Waals surface area contributed by atoms with E-state index in [1.807, 2.05) is 6.92 Å². The van der Waals surface area contributed by atoms with Crippen LogP contribution in [0.4, 0.5) is 10.1 Å². The molecule has 11 heteroatoms. The van der Waals surface area contributed by atoms with Crippen LogP contribution in [0.15, 0.2) is 29.8 Å². The van der Waals surface area contributed by atoms with E-state index in [1.165, 1.54) is 12.1 Å². The molecule has 1 spiro atoms. The van der Waals surface area contributed by atoms with Gasteiger partial charge in [0.25, 0.3) is 0 Å². The number of anilines is 1. The number of halogens is 1. The highest BCUT2D eigenvalue weighted by Gasteiger charge is 2.51. The lowest BCUT2D eigenvalue weighted by Crippen LogP contribution is -2.42. The molecule has 1 aromatic carbocycles. The highest BCUT2D eigenvalue weighted by atomic mass is 32.2. The van der Waals surface area contributed by atoms with Crippen LogP contribution in [0, 0.1) is 5.82 Å². The maximum absolute atomic E-state index is 13.7. The van der Waals surface area contributed by atoms with Crippen LogP contribution in [-0.4, -0.2) is 66.2 Å². The van der Waals surface area contributed by atoms with E-state index in [0.29, 0.717) is 12.0 Å². The van der Waals surface area contributed by atoms with E-state index >= 15 is 0 Å². The zero-order valence-electron chi connectivity index (χ0n) is 17.7. The van der Waals surface area contributed by atoms with Crippen LogP contribution in [0.3, 0.4) is 0 Å². The van der Waals surface area contributed by atoms with Crippen LogP contribution in [0.2, 0.25) is 0 Å². The van der Waals surface area contributed by atoms with Gasteiger partial charge in [-0.1, -0.05) is 13.3 Å². The summed E-state index contributed by atoms with van der Waals surface area (Å²) in [6.07, 6.45) is 1.29. The fourth-order valence-electron chi connectivity index (χ4n) is 4.06. The summed E-state index contributed by atoms with van der Waals surface area (Å²) < 4.78 is 53.7. The predicted octanol–water partition coefficient (Wildman–Crippen LogP) is 1.55. The van der Waals surface area contributed by atoms with Crippen LogP contribution in [0.5, 0.6) is 0 Å². The number of unbranched alkanes of at least 4 members (excludes halogenated alkanes) is 1. The molecule has 4 N–H and O–H groups in total. The van der Waals surface area contributed by atoms with Gasteiger partial charge >= 0.3 is 5.97 Å². The second-order valence-corrected chi connectivity index (χ2v) is 9.84. The lowest BCUT2D eigenvalue weighted by molar-refractivity contribution is -0.153. The molecule has 0 amide bonds. The Labute approximate surface area is 185 Å². The summed E-state index contributed by atoms with van der Waals surface area (Å²) in [6, 6.07) is 3.73. The second-order valence-electron chi connectivity index (χ2n) is 7.97. The molecule has 3 rings (SSSR count). The van der Waals surface area contributed by atoms with E-state index < -0.39 is 63.8 Å². The van der Waals surface area contributed by atoms with Gasteiger partial charge in [0.05, 0.1) is 24.5 Å². The van der Waals surface area contributed by atoms with Gasteiger partial charge in [0.2, 0.25) is 10.0 Å². The average Bonchev–Trinajstić information content (AvgIpc) is 3.10. The van der Waals surface area contributed by atoms with Crippen molar-refractivity contribution in [3.8, 4) is 0 Å². The van der Waals surface area contributed by atoms with Crippen LogP contribution < -0.4 is 4.72 Å². The van der Waals surface area contributed by atoms with Crippen molar-refractivity contribution >= 4 is 21.7 Å². The second kappa shape index (κ2) is 9.84. The monoisotopic (exact) mass is 473 g/mol. The summed E-state index contributed by atoms with van der Waals surface area (Å²) in [5.41, 5.74) is 0.262. The SMILES string of the molecule is CCCCc1cc(F)ccc1NS(=O)(=O)C1CCC2(C=C1C(=O)O)O[C@H](CO)[C@@H](CO)O2. The third-order valence-corrected chi connectivity index (χ3v) is 7.44. The number of hydrogen-bond donors (Lipinski definition) is 4. The van der Waals surface area contributed by atoms with E-state index in [-0.39, 0.29) is 18.5 Å². The van der Waals surface area contributed by atoms with Crippen molar-refractivity contribution in [1.82, 2.24) is 0 Å². The molecule has 1 unspecified atom stereocenters. The molecule has 1 aliphatic heterocycles. The molecule has 1 fully saturated rings. The smallest absolute Gasteiger partial charge is 0.332 e. The highest BCUT2D eigenvalue weighted by Crippen LogP contribution is 2.41. The summed E-state index contributed by atoms with van der Waals surface area (Å²) in [7, 11) is -4.21. The number of carbonyl (C=O) groups is 1. The summed E-state index contributed by atoms with van der Waals surface area (Å²) >= 11 is 0. The number of sulfonamides is 1. The zero-order valence-corrected chi connectivity index (χ0v) is 18.5. The minimum atomic E-state index is -4.21. The topological polar surface area (TPSA) is 142 Å². The highest BCUT2D eigenvalue weighted by molar-refractivity contribution is 7.93. The number of aliphatic hydroxyl groups excluding tert-OH is 2. The Hall–Kier alpha value is -2.05. The van der Waals surface area contributed by atoms with Crippen molar-refractivity contribution in [2.24, 2.45) is 0 Å². The molecule has 0 bridgehead atoms. The quantitative estimate of drug-likeness (QED) is 0.423. The molecule has 2 aliphatic rings. The van der Waals surface area contributed by atoms with E-state index in [1.54, 1.807) is 0 Å². The minimum Gasteiger partial charge on any atom is -0.478 e. The van der Waals surface area contributed by atoms with Gasteiger partial charge in [-0.25, -0.2) is 17.6 Å². The Morgan fingerprint density at radius 3 is 2.47 bits per heavy atom. The van der Waals surface area contributed by atoms with Gasteiger partial charge < -0.3 is 24.8 Å². The van der Waals surface area contributed by atoms with Crippen molar-refractivity contribution in [2.45, 2.75) is 62.3 Å². The largest absolute Gasteiger partial charge is 0.478 e. The molecule has 32 heavy (non-hydrogen) atoms. The van der Waals surface area contributed by atoms with E-state index in [0.717, 1.165) is 25.0 Å². The minimum absolute atomic E-state index is 0.00840.